The summed E-state index contributed by atoms with van der Waals surface area (Å²) in [5, 5.41) is 0. The third-order valence-corrected chi connectivity index (χ3v) is 3.73. The Balaban J connectivity index is 2.71. The molecular weight excluding hydrogens is 298 g/mol. The number of unbranched alkanes of at least 4 members (excludes halogenated alkanes) is 1. The van der Waals surface area contributed by atoms with Crippen LogP contribution in [0.25, 0.3) is 0 Å². The first-order valence-electron chi connectivity index (χ1n) is 8.47. The second-order valence-electron chi connectivity index (χ2n) is 7.06. The number of hydrogen-bond donors (Lipinski definition) is 0. The van der Waals surface area contributed by atoms with E-state index in [1.807, 2.05) is 20.8 Å². The summed E-state index contributed by atoms with van der Waals surface area (Å²) in [4.78, 5) is 26.2. The number of carbonyl (C=O) groups excluding carboxylic acids is 2. The molecule has 0 aliphatic carbocycles. The molecule has 134 valence electrons. The predicted octanol–water partition coefficient (Wildman–Crippen LogP) is 2.99. The third-order valence-electron chi connectivity index (χ3n) is 3.73. The number of likely N-dealkylation sites (tertiary alicyclic amines) is 1. The average molecular weight is 329 g/mol. The summed E-state index contributed by atoms with van der Waals surface area (Å²) in [6.07, 6.45) is 2.14. The van der Waals surface area contributed by atoms with Crippen LogP contribution >= 0.6 is 0 Å². The van der Waals surface area contributed by atoms with Crippen LogP contribution in [0.1, 0.15) is 53.9 Å². The highest BCUT2D eigenvalue weighted by atomic mass is 16.6. The highest BCUT2D eigenvalue weighted by Gasteiger charge is 2.48. The highest BCUT2D eigenvalue weighted by Crippen LogP contribution is 2.33. The van der Waals surface area contributed by atoms with E-state index in [9.17, 15) is 9.59 Å². The standard InChI is InChI=1S/C17H31NO5/c1-6-8-11-21-13-17(14(19)22-7-2)9-10-18(12-17)15(20)23-16(3,4)5/h6-13H2,1-5H3. The van der Waals surface area contributed by atoms with Gasteiger partial charge in [0.25, 0.3) is 0 Å². The fraction of sp³-hybridized carbons (Fsp3) is 0.882. The van der Waals surface area contributed by atoms with E-state index in [4.69, 9.17) is 14.2 Å². The molecule has 6 nitrogen and oxygen atoms in total. The molecule has 1 atom stereocenters. The fourth-order valence-corrected chi connectivity index (χ4v) is 2.50. The molecule has 1 aliphatic rings. The first-order chi connectivity index (χ1) is 10.7. The Hall–Kier alpha value is -1.30. The van der Waals surface area contributed by atoms with Crippen LogP contribution in [-0.2, 0) is 19.0 Å². The summed E-state index contributed by atoms with van der Waals surface area (Å²) in [7, 11) is 0. The van der Waals surface area contributed by atoms with Gasteiger partial charge in [0, 0.05) is 19.7 Å². The number of ether oxygens (including phenoxy) is 3. The van der Waals surface area contributed by atoms with Crippen LogP contribution in [0.4, 0.5) is 4.79 Å². The number of esters is 1. The molecule has 1 rings (SSSR count). The molecule has 0 bridgehead atoms. The average Bonchev–Trinajstić information content (AvgIpc) is 2.88. The minimum Gasteiger partial charge on any atom is -0.465 e. The van der Waals surface area contributed by atoms with Crippen molar-refractivity contribution in [1.82, 2.24) is 4.90 Å². The largest absolute Gasteiger partial charge is 0.465 e. The van der Waals surface area contributed by atoms with E-state index >= 15 is 0 Å². The number of amides is 1. The third kappa shape index (κ3) is 6.01. The van der Waals surface area contributed by atoms with E-state index in [1.165, 1.54) is 0 Å². The zero-order chi connectivity index (χ0) is 17.5. The maximum absolute atomic E-state index is 12.4. The molecule has 6 heteroatoms. The molecule has 23 heavy (non-hydrogen) atoms. The van der Waals surface area contributed by atoms with Crippen LogP contribution in [0, 0.1) is 5.41 Å². The Morgan fingerprint density at radius 2 is 1.91 bits per heavy atom. The molecule has 1 heterocycles. The molecule has 0 aromatic rings. The van der Waals surface area contributed by atoms with Crippen molar-refractivity contribution >= 4 is 12.1 Å². The van der Waals surface area contributed by atoms with Gasteiger partial charge in [-0.15, -0.1) is 0 Å². The van der Waals surface area contributed by atoms with Crippen molar-refractivity contribution in [2.75, 3.05) is 32.9 Å². The fourth-order valence-electron chi connectivity index (χ4n) is 2.50. The van der Waals surface area contributed by atoms with E-state index in [0.717, 1.165) is 12.8 Å². The van der Waals surface area contributed by atoms with Gasteiger partial charge in [-0.2, -0.15) is 0 Å². The summed E-state index contributed by atoms with van der Waals surface area (Å²) in [6, 6.07) is 0. The molecule has 1 amide bonds. The summed E-state index contributed by atoms with van der Waals surface area (Å²) in [5.74, 6) is -0.289. The van der Waals surface area contributed by atoms with Gasteiger partial charge in [0.1, 0.15) is 11.0 Å². The molecule has 1 unspecified atom stereocenters. The minimum absolute atomic E-state index is 0.283. The summed E-state index contributed by atoms with van der Waals surface area (Å²) >= 11 is 0. The van der Waals surface area contributed by atoms with Gasteiger partial charge >= 0.3 is 12.1 Å². The minimum atomic E-state index is -0.777. The Labute approximate surface area is 139 Å². The first kappa shape index (κ1) is 19.7. The quantitative estimate of drug-likeness (QED) is 0.531. The van der Waals surface area contributed by atoms with Gasteiger partial charge in [0.15, 0.2) is 0 Å². The molecule has 0 aromatic carbocycles. The maximum Gasteiger partial charge on any atom is 0.410 e. The Morgan fingerprint density at radius 3 is 2.48 bits per heavy atom. The van der Waals surface area contributed by atoms with E-state index in [2.05, 4.69) is 6.92 Å². The first-order valence-corrected chi connectivity index (χ1v) is 8.47. The van der Waals surface area contributed by atoms with Gasteiger partial charge in [0.2, 0.25) is 0 Å². The Morgan fingerprint density at radius 1 is 1.22 bits per heavy atom. The smallest absolute Gasteiger partial charge is 0.410 e. The van der Waals surface area contributed by atoms with Crippen LogP contribution in [0.5, 0.6) is 0 Å². The Bertz CT molecular complexity index is 404. The lowest BCUT2D eigenvalue weighted by Crippen LogP contribution is -2.42. The van der Waals surface area contributed by atoms with Gasteiger partial charge in [-0.05, 0) is 40.5 Å². The van der Waals surface area contributed by atoms with E-state index in [1.54, 1.807) is 11.8 Å². The summed E-state index contributed by atoms with van der Waals surface area (Å²) in [5.41, 5.74) is -1.33. The topological polar surface area (TPSA) is 65.1 Å². The van der Waals surface area contributed by atoms with E-state index < -0.39 is 17.1 Å². The molecule has 1 aliphatic heterocycles. The molecule has 1 fully saturated rings. The van der Waals surface area contributed by atoms with Gasteiger partial charge in [0.05, 0.1) is 13.2 Å². The van der Waals surface area contributed by atoms with Gasteiger partial charge in [-0.1, -0.05) is 13.3 Å². The maximum atomic E-state index is 12.4. The monoisotopic (exact) mass is 329 g/mol. The molecule has 0 N–H and O–H groups in total. The number of rotatable bonds is 7. The SMILES string of the molecule is CCCCOCC1(C(=O)OCC)CCN(C(=O)OC(C)(C)C)C1. The van der Waals surface area contributed by atoms with Crippen LogP contribution in [-0.4, -0.2) is 55.5 Å². The Kier molecular flexibility index (Phi) is 7.32. The zero-order valence-corrected chi connectivity index (χ0v) is 15.1. The van der Waals surface area contributed by atoms with Crippen LogP contribution in [0.15, 0.2) is 0 Å². The zero-order valence-electron chi connectivity index (χ0n) is 15.1. The molecular formula is C17H31NO5. The van der Waals surface area contributed by atoms with Gasteiger partial charge in [-0.25, -0.2) is 4.79 Å². The molecule has 0 saturated carbocycles. The van der Waals surface area contributed by atoms with Crippen LogP contribution in [0.2, 0.25) is 0 Å². The van der Waals surface area contributed by atoms with Crippen molar-refractivity contribution in [3.8, 4) is 0 Å². The van der Waals surface area contributed by atoms with Crippen molar-refractivity contribution in [2.24, 2.45) is 5.41 Å². The molecule has 0 spiro atoms. The predicted molar refractivity (Wildman–Crippen MR) is 87.2 cm³/mol. The number of carbonyl (C=O) groups is 2. The van der Waals surface area contributed by atoms with Crippen LogP contribution < -0.4 is 0 Å². The molecule has 0 radical (unpaired) electrons. The lowest BCUT2D eigenvalue weighted by Gasteiger charge is -2.28. The van der Waals surface area contributed by atoms with E-state index in [0.29, 0.717) is 26.2 Å². The lowest BCUT2D eigenvalue weighted by atomic mass is 9.88. The highest BCUT2D eigenvalue weighted by molar-refractivity contribution is 5.79. The van der Waals surface area contributed by atoms with E-state index in [-0.39, 0.29) is 19.1 Å². The van der Waals surface area contributed by atoms with Crippen LogP contribution in [0.3, 0.4) is 0 Å². The van der Waals surface area contributed by atoms with Crippen molar-refractivity contribution < 1.29 is 23.8 Å². The van der Waals surface area contributed by atoms with Crippen molar-refractivity contribution in [3.05, 3.63) is 0 Å². The number of hydrogen-bond acceptors (Lipinski definition) is 5. The normalized spacial score (nSPS) is 21.3. The van der Waals surface area contributed by atoms with Crippen molar-refractivity contribution in [1.29, 1.82) is 0 Å². The molecule has 0 aromatic heterocycles. The van der Waals surface area contributed by atoms with Crippen molar-refractivity contribution in [3.63, 3.8) is 0 Å². The summed E-state index contributed by atoms with van der Waals surface area (Å²) < 4.78 is 16.3. The number of nitrogens with zero attached hydrogens (tertiary/aromatic N) is 1. The molecule has 1 saturated heterocycles. The van der Waals surface area contributed by atoms with Crippen molar-refractivity contribution in [2.45, 2.75) is 59.5 Å². The van der Waals surface area contributed by atoms with Gasteiger partial charge in [-0.3, -0.25) is 4.79 Å². The second-order valence-corrected chi connectivity index (χ2v) is 7.06. The second kappa shape index (κ2) is 8.52. The lowest BCUT2D eigenvalue weighted by molar-refractivity contribution is -0.158. The van der Waals surface area contributed by atoms with Gasteiger partial charge < -0.3 is 19.1 Å². The summed E-state index contributed by atoms with van der Waals surface area (Å²) in [6.45, 7) is 11.3.